The van der Waals surface area contributed by atoms with Gasteiger partial charge in [-0.2, -0.15) is 0 Å². The van der Waals surface area contributed by atoms with E-state index in [-0.39, 0.29) is 29.7 Å². The molecule has 4 rings (SSSR count). The fraction of sp³-hybridized carbons (Fsp3) is 0.636. The molecular formula is C22H30N2O2. The highest BCUT2D eigenvalue weighted by molar-refractivity contribution is 5.83. The molecule has 26 heavy (non-hydrogen) atoms. The Balaban J connectivity index is 1.54. The van der Waals surface area contributed by atoms with Gasteiger partial charge in [0.15, 0.2) is 0 Å². The molecule has 0 aromatic heterocycles. The molecule has 1 heterocycles. The van der Waals surface area contributed by atoms with Crippen LogP contribution >= 0.6 is 0 Å². The van der Waals surface area contributed by atoms with Crippen LogP contribution in [-0.4, -0.2) is 29.3 Å². The summed E-state index contributed by atoms with van der Waals surface area (Å²) < 4.78 is 0. The first-order valence-electron chi connectivity index (χ1n) is 10.3. The molecule has 0 unspecified atom stereocenters. The highest BCUT2D eigenvalue weighted by Crippen LogP contribution is 2.37. The molecule has 3 aliphatic rings. The number of nitrogens with one attached hydrogen (secondary N) is 1. The molecule has 0 radical (unpaired) electrons. The number of rotatable bonds is 4. The van der Waals surface area contributed by atoms with Crippen molar-refractivity contribution in [1.29, 1.82) is 0 Å². The third-order valence-electron chi connectivity index (χ3n) is 6.29. The van der Waals surface area contributed by atoms with E-state index in [1.807, 2.05) is 4.90 Å². The Morgan fingerprint density at radius 1 is 1.00 bits per heavy atom. The third kappa shape index (κ3) is 3.79. The fourth-order valence-corrected chi connectivity index (χ4v) is 4.61. The van der Waals surface area contributed by atoms with Crippen LogP contribution in [0.15, 0.2) is 24.3 Å². The van der Waals surface area contributed by atoms with Gasteiger partial charge in [-0.1, -0.05) is 42.7 Å². The summed E-state index contributed by atoms with van der Waals surface area (Å²) in [6.45, 7) is 2.67. The van der Waals surface area contributed by atoms with Gasteiger partial charge in [-0.15, -0.1) is 0 Å². The molecule has 1 saturated heterocycles. The Kier molecular flexibility index (Phi) is 5.01. The largest absolute Gasteiger partial charge is 0.353 e. The van der Waals surface area contributed by atoms with E-state index in [4.69, 9.17) is 0 Å². The minimum absolute atomic E-state index is 0.0537. The van der Waals surface area contributed by atoms with E-state index in [9.17, 15) is 9.59 Å². The number of piperidine rings is 1. The van der Waals surface area contributed by atoms with E-state index in [1.165, 1.54) is 11.1 Å². The van der Waals surface area contributed by atoms with Gasteiger partial charge >= 0.3 is 0 Å². The molecule has 3 fully saturated rings. The lowest BCUT2D eigenvalue weighted by Gasteiger charge is -2.41. The predicted molar refractivity (Wildman–Crippen MR) is 101 cm³/mol. The van der Waals surface area contributed by atoms with Crippen LogP contribution in [0.4, 0.5) is 0 Å². The number of aryl methyl sites for hydroxylation is 1. The van der Waals surface area contributed by atoms with E-state index in [0.717, 1.165) is 51.4 Å². The maximum absolute atomic E-state index is 13.3. The van der Waals surface area contributed by atoms with E-state index in [0.29, 0.717) is 12.6 Å². The Labute approximate surface area is 156 Å². The summed E-state index contributed by atoms with van der Waals surface area (Å²) >= 11 is 0. The summed E-state index contributed by atoms with van der Waals surface area (Å²) in [5.41, 5.74) is 2.45. The maximum atomic E-state index is 13.3. The van der Waals surface area contributed by atoms with Crippen molar-refractivity contribution >= 4 is 11.8 Å². The van der Waals surface area contributed by atoms with E-state index in [2.05, 4.69) is 36.5 Å². The first-order chi connectivity index (χ1) is 12.6. The highest BCUT2D eigenvalue weighted by Gasteiger charge is 2.39. The Bertz CT molecular complexity index is 676. The molecule has 0 spiro atoms. The van der Waals surface area contributed by atoms with Crippen LogP contribution in [0, 0.1) is 18.8 Å². The minimum Gasteiger partial charge on any atom is -0.353 e. The molecule has 2 saturated carbocycles. The molecule has 140 valence electrons. The minimum atomic E-state index is -0.0537. The van der Waals surface area contributed by atoms with Crippen LogP contribution in [0.2, 0.25) is 0 Å². The Hall–Kier alpha value is -1.84. The first-order valence-corrected chi connectivity index (χ1v) is 10.3. The smallest absolute Gasteiger partial charge is 0.226 e. The van der Waals surface area contributed by atoms with Gasteiger partial charge in [0.1, 0.15) is 0 Å². The lowest BCUT2D eigenvalue weighted by molar-refractivity contribution is -0.142. The summed E-state index contributed by atoms with van der Waals surface area (Å²) in [6, 6.07) is 9.02. The molecule has 2 atom stereocenters. The van der Waals surface area contributed by atoms with Crippen LogP contribution in [-0.2, 0) is 9.59 Å². The van der Waals surface area contributed by atoms with Crippen molar-refractivity contribution in [2.24, 2.45) is 11.8 Å². The van der Waals surface area contributed by atoms with E-state index < -0.39 is 0 Å². The molecule has 1 aromatic rings. The summed E-state index contributed by atoms with van der Waals surface area (Å²) in [5, 5.41) is 3.14. The predicted octanol–water partition coefficient (Wildman–Crippen LogP) is 3.74. The normalized spacial score (nSPS) is 26.7. The van der Waals surface area contributed by atoms with Gasteiger partial charge in [-0.05, 0) is 51.0 Å². The number of amides is 2. The third-order valence-corrected chi connectivity index (χ3v) is 6.29. The van der Waals surface area contributed by atoms with Crippen LogP contribution < -0.4 is 5.32 Å². The number of likely N-dealkylation sites (tertiary alicyclic amines) is 1. The van der Waals surface area contributed by atoms with E-state index in [1.54, 1.807) is 0 Å². The lowest BCUT2D eigenvalue weighted by atomic mass is 9.86. The average Bonchev–Trinajstić information content (AvgIpc) is 3.29. The van der Waals surface area contributed by atoms with Crippen molar-refractivity contribution in [3.63, 3.8) is 0 Å². The van der Waals surface area contributed by atoms with Crippen LogP contribution in [0.1, 0.15) is 68.5 Å². The number of hydrogen-bond acceptors (Lipinski definition) is 2. The van der Waals surface area contributed by atoms with E-state index >= 15 is 0 Å². The molecule has 2 aliphatic carbocycles. The molecule has 1 aliphatic heterocycles. The Morgan fingerprint density at radius 2 is 1.77 bits per heavy atom. The Morgan fingerprint density at radius 3 is 2.46 bits per heavy atom. The fourth-order valence-electron chi connectivity index (χ4n) is 4.61. The van der Waals surface area contributed by atoms with Gasteiger partial charge in [0.05, 0.1) is 12.0 Å². The van der Waals surface area contributed by atoms with Crippen molar-refractivity contribution in [1.82, 2.24) is 10.2 Å². The summed E-state index contributed by atoms with van der Waals surface area (Å²) in [4.78, 5) is 27.9. The van der Waals surface area contributed by atoms with Gasteiger partial charge < -0.3 is 10.2 Å². The summed E-state index contributed by atoms with van der Waals surface area (Å²) in [6.07, 6.45) is 8.29. The molecular weight excluding hydrogens is 324 g/mol. The molecule has 0 bridgehead atoms. The van der Waals surface area contributed by atoms with Gasteiger partial charge in [-0.25, -0.2) is 0 Å². The van der Waals surface area contributed by atoms with Crippen LogP contribution in [0.3, 0.4) is 0 Å². The molecule has 4 heteroatoms. The first kappa shape index (κ1) is 17.6. The second kappa shape index (κ2) is 7.42. The topological polar surface area (TPSA) is 49.4 Å². The van der Waals surface area contributed by atoms with Crippen molar-refractivity contribution in [2.75, 3.05) is 6.54 Å². The molecule has 4 nitrogen and oxygen atoms in total. The highest BCUT2D eigenvalue weighted by atomic mass is 16.2. The zero-order valence-electron chi connectivity index (χ0n) is 15.7. The van der Waals surface area contributed by atoms with Gasteiger partial charge in [0.25, 0.3) is 0 Å². The number of carbonyl (C=O) groups is 2. The summed E-state index contributed by atoms with van der Waals surface area (Å²) in [5.74, 6) is 0.534. The van der Waals surface area contributed by atoms with Crippen molar-refractivity contribution in [3.05, 3.63) is 35.4 Å². The average molecular weight is 354 g/mol. The second-order valence-corrected chi connectivity index (χ2v) is 8.46. The van der Waals surface area contributed by atoms with Gasteiger partial charge in [0.2, 0.25) is 11.8 Å². The lowest BCUT2D eigenvalue weighted by Crippen LogP contribution is -2.48. The van der Waals surface area contributed by atoms with Gasteiger partial charge in [0, 0.05) is 18.5 Å². The second-order valence-electron chi connectivity index (χ2n) is 8.46. The number of benzene rings is 1. The van der Waals surface area contributed by atoms with Gasteiger partial charge in [-0.3, -0.25) is 9.59 Å². The molecule has 1 aromatic carbocycles. The number of carbonyl (C=O) groups excluding carboxylic acids is 2. The monoisotopic (exact) mass is 354 g/mol. The quantitative estimate of drug-likeness (QED) is 0.895. The van der Waals surface area contributed by atoms with Crippen LogP contribution in [0.5, 0.6) is 0 Å². The zero-order valence-corrected chi connectivity index (χ0v) is 15.7. The number of nitrogens with zero attached hydrogens (tertiary/aromatic N) is 1. The van der Waals surface area contributed by atoms with Crippen molar-refractivity contribution in [3.8, 4) is 0 Å². The van der Waals surface area contributed by atoms with Crippen molar-refractivity contribution < 1.29 is 9.59 Å². The maximum Gasteiger partial charge on any atom is 0.226 e. The van der Waals surface area contributed by atoms with Crippen molar-refractivity contribution in [2.45, 2.75) is 70.4 Å². The molecule has 2 amide bonds. The summed E-state index contributed by atoms with van der Waals surface area (Å²) in [7, 11) is 0. The standard InChI is InChI=1S/C22H30N2O2/c1-15-5-4-8-17(13-15)20-12-9-18(21(25)23-19-10-11-19)14-24(20)22(26)16-6-2-3-7-16/h4-5,8,13,16,18-20H,2-3,6-7,9-12,14H2,1H3,(H,23,25)/t18-,20+/m1/s1. The number of hydrogen-bond donors (Lipinski definition) is 1. The zero-order chi connectivity index (χ0) is 18.1. The SMILES string of the molecule is Cc1cccc([C@@H]2CC[C@@H](C(=O)NC3CC3)CN2C(=O)C2CCCC2)c1. The molecule has 1 N–H and O–H groups in total. The van der Waals surface area contributed by atoms with Crippen LogP contribution in [0.25, 0.3) is 0 Å².